The molecular weight excluding hydrogens is 300 g/mol. The van der Waals surface area contributed by atoms with E-state index in [1.165, 1.54) is 48.6 Å². The monoisotopic (exact) mass is 322 g/mol. The molecule has 0 saturated heterocycles. The predicted octanol–water partition coefficient (Wildman–Crippen LogP) is 3.64. The summed E-state index contributed by atoms with van der Waals surface area (Å²) in [6.07, 6.45) is 7.39. The van der Waals surface area contributed by atoms with Gasteiger partial charge >= 0.3 is 0 Å². The van der Waals surface area contributed by atoms with Crippen LogP contribution in [0.4, 0.5) is 0 Å². The quantitative estimate of drug-likeness (QED) is 0.900. The van der Waals surface area contributed by atoms with Crippen molar-refractivity contribution in [2.75, 3.05) is 7.05 Å². The van der Waals surface area contributed by atoms with Gasteiger partial charge in [0.1, 0.15) is 0 Å². The molecule has 1 aromatic carbocycles. The fourth-order valence-corrected chi connectivity index (χ4v) is 4.16. The van der Waals surface area contributed by atoms with Gasteiger partial charge in [-0.05, 0) is 68.8 Å². The van der Waals surface area contributed by atoms with Crippen molar-refractivity contribution in [1.29, 1.82) is 0 Å². The smallest absolute Gasteiger partial charge is 0.0353 e. The van der Waals surface area contributed by atoms with Crippen LogP contribution in [0.5, 0.6) is 0 Å². The molecule has 2 aliphatic carbocycles. The number of nitrogens with zero attached hydrogens (tertiary/aromatic N) is 1. The molecule has 0 amide bonds. The molecule has 0 heterocycles. The van der Waals surface area contributed by atoms with Gasteiger partial charge in [-0.2, -0.15) is 0 Å². The summed E-state index contributed by atoms with van der Waals surface area (Å²) in [4.78, 5) is 2.62. The summed E-state index contributed by atoms with van der Waals surface area (Å²) < 4.78 is 1.21. The largest absolute Gasteiger partial charge is 0.328 e. The highest BCUT2D eigenvalue weighted by Gasteiger charge is 2.31. The molecule has 1 fully saturated rings. The number of halogens is 1. The summed E-state index contributed by atoms with van der Waals surface area (Å²) in [6.45, 7) is 0. The van der Waals surface area contributed by atoms with Gasteiger partial charge in [-0.15, -0.1) is 0 Å². The zero-order valence-corrected chi connectivity index (χ0v) is 13.2. The van der Waals surface area contributed by atoms with E-state index in [1.807, 2.05) is 0 Å². The minimum absolute atomic E-state index is 0.441. The summed E-state index contributed by atoms with van der Waals surface area (Å²) in [7, 11) is 2.31. The lowest BCUT2D eigenvalue weighted by Gasteiger charge is -2.37. The molecule has 1 saturated carbocycles. The summed E-state index contributed by atoms with van der Waals surface area (Å²) >= 11 is 3.58. The number of hydrogen-bond donors (Lipinski definition) is 1. The van der Waals surface area contributed by atoms with E-state index in [9.17, 15) is 0 Å². The van der Waals surface area contributed by atoms with Crippen molar-refractivity contribution in [2.24, 2.45) is 5.73 Å². The number of fused-ring (bicyclic) bond motifs is 1. The van der Waals surface area contributed by atoms with Crippen molar-refractivity contribution in [2.45, 2.75) is 56.7 Å². The van der Waals surface area contributed by atoms with E-state index in [4.69, 9.17) is 5.73 Å². The van der Waals surface area contributed by atoms with Gasteiger partial charge in [-0.25, -0.2) is 0 Å². The van der Waals surface area contributed by atoms with E-state index in [0.717, 1.165) is 6.04 Å². The van der Waals surface area contributed by atoms with Crippen LogP contribution in [0.2, 0.25) is 0 Å². The third kappa shape index (κ3) is 2.74. The molecule has 3 rings (SSSR count). The van der Waals surface area contributed by atoms with E-state index in [2.05, 4.69) is 46.1 Å². The first-order chi connectivity index (χ1) is 9.15. The van der Waals surface area contributed by atoms with Crippen molar-refractivity contribution in [3.8, 4) is 0 Å². The van der Waals surface area contributed by atoms with Crippen molar-refractivity contribution in [3.63, 3.8) is 0 Å². The second-order valence-electron chi connectivity index (χ2n) is 6.13. The normalized spacial score (nSPS) is 30.6. The number of rotatable bonds is 2. The Bertz CT molecular complexity index is 452. The standard InChI is InChI=1S/C16H23BrN2/c1-19(14-6-4-13(18)5-7-14)16-9-2-11-10-12(17)3-8-15(11)16/h3,8,10,13-14,16H,2,4-7,9,18H2,1H3. The van der Waals surface area contributed by atoms with Gasteiger partial charge in [0.05, 0.1) is 0 Å². The average Bonchev–Trinajstić information content (AvgIpc) is 2.81. The van der Waals surface area contributed by atoms with Crippen LogP contribution in [0.15, 0.2) is 22.7 Å². The lowest BCUT2D eigenvalue weighted by atomic mass is 9.89. The van der Waals surface area contributed by atoms with Crippen LogP contribution in [0.3, 0.4) is 0 Å². The first-order valence-electron chi connectivity index (χ1n) is 7.41. The average molecular weight is 323 g/mol. The Morgan fingerprint density at radius 3 is 2.63 bits per heavy atom. The van der Waals surface area contributed by atoms with E-state index >= 15 is 0 Å². The topological polar surface area (TPSA) is 29.3 Å². The Morgan fingerprint density at radius 1 is 1.16 bits per heavy atom. The molecular formula is C16H23BrN2. The maximum absolute atomic E-state index is 6.02. The van der Waals surface area contributed by atoms with Crippen LogP contribution in [-0.2, 0) is 6.42 Å². The van der Waals surface area contributed by atoms with Crippen LogP contribution < -0.4 is 5.73 Å². The number of benzene rings is 1. The highest BCUT2D eigenvalue weighted by Crippen LogP contribution is 2.39. The second kappa shape index (κ2) is 5.55. The third-order valence-electron chi connectivity index (χ3n) is 4.96. The second-order valence-corrected chi connectivity index (χ2v) is 7.05. The molecule has 0 radical (unpaired) electrons. The minimum atomic E-state index is 0.441. The van der Waals surface area contributed by atoms with Crippen LogP contribution in [0.25, 0.3) is 0 Å². The molecule has 104 valence electrons. The lowest BCUT2D eigenvalue weighted by Crippen LogP contribution is -2.40. The molecule has 3 heteroatoms. The summed E-state index contributed by atoms with van der Waals surface area (Å²) in [5.74, 6) is 0. The van der Waals surface area contributed by atoms with E-state index < -0.39 is 0 Å². The third-order valence-corrected chi connectivity index (χ3v) is 5.45. The predicted molar refractivity (Wildman–Crippen MR) is 83.2 cm³/mol. The molecule has 1 atom stereocenters. The molecule has 2 nitrogen and oxygen atoms in total. The van der Waals surface area contributed by atoms with Crippen LogP contribution in [0.1, 0.15) is 49.3 Å². The Kier molecular flexibility index (Phi) is 3.97. The van der Waals surface area contributed by atoms with Gasteiger partial charge < -0.3 is 5.73 Å². The molecule has 0 bridgehead atoms. The van der Waals surface area contributed by atoms with E-state index in [1.54, 1.807) is 5.56 Å². The SMILES string of the molecule is CN(C1CCC(N)CC1)C1CCc2cc(Br)ccc21. The molecule has 1 unspecified atom stereocenters. The van der Waals surface area contributed by atoms with Crippen molar-refractivity contribution < 1.29 is 0 Å². The lowest BCUT2D eigenvalue weighted by molar-refractivity contribution is 0.131. The van der Waals surface area contributed by atoms with Gasteiger partial charge in [-0.3, -0.25) is 4.90 Å². The van der Waals surface area contributed by atoms with Crippen molar-refractivity contribution >= 4 is 15.9 Å². The first kappa shape index (κ1) is 13.6. The first-order valence-corrected chi connectivity index (χ1v) is 8.20. The fraction of sp³-hybridized carbons (Fsp3) is 0.625. The summed E-state index contributed by atoms with van der Waals surface area (Å²) in [5.41, 5.74) is 9.09. The molecule has 2 N–H and O–H groups in total. The van der Waals surface area contributed by atoms with Gasteiger partial charge in [0.25, 0.3) is 0 Å². The maximum atomic E-state index is 6.02. The number of hydrogen-bond acceptors (Lipinski definition) is 2. The minimum Gasteiger partial charge on any atom is -0.328 e. The summed E-state index contributed by atoms with van der Waals surface area (Å²) in [6, 6.07) is 8.56. The number of nitrogens with two attached hydrogens (primary N) is 1. The molecule has 0 aliphatic heterocycles. The Morgan fingerprint density at radius 2 is 1.89 bits per heavy atom. The fourth-order valence-electron chi connectivity index (χ4n) is 3.75. The van der Waals surface area contributed by atoms with Gasteiger partial charge in [0.15, 0.2) is 0 Å². The van der Waals surface area contributed by atoms with Gasteiger partial charge in [0.2, 0.25) is 0 Å². The van der Waals surface area contributed by atoms with Crippen LogP contribution in [0, 0.1) is 0 Å². The van der Waals surface area contributed by atoms with Crippen LogP contribution >= 0.6 is 15.9 Å². The van der Waals surface area contributed by atoms with Crippen molar-refractivity contribution in [1.82, 2.24) is 4.90 Å². The van der Waals surface area contributed by atoms with Gasteiger partial charge in [-0.1, -0.05) is 22.0 Å². The maximum Gasteiger partial charge on any atom is 0.0353 e. The molecule has 2 aliphatic rings. The summed E-state index contributed by atoms with van der Waals surface area (Å²) in [5, 5.41) is 0. The molecule has 0 spiro atoms. The molecule has 1 aromatic rings. The Balaban J connectivity index is 1.74. The molecule has 0 aromatic heterocycles. The Hall–Kier alpha value is -0.380. The zero-order valence-electron chi connectivity index (χ0n) is 11.6. The highest BCUT2D eigenvalue weighted by molar-refractivity contribution is 9.10. The highest BCUT2D eigenvalue weighted by atomic mass is 79.9. The zero-order chi connectivity index (χ0) is 13.4. The van der Waals surface area contributed by atoms with E-state index in [-0.39, 0.29) is 0 Å². The van der Waals surface area contributed by atoms with E-state index in [0.29, 0.717) is 12.1 Å². The van der Waals surface area contributed by atoms with Crippen molar-refractivity contribution in [3.05, 3.63) is 33.8 Å². The Labute approximate surface area is 124 Å². The number of aryl methyl sites for hydroxylation is 1. The van der Waals surface area contributed by atoms with Gasteiger partial charge in [0, 0.05) is 22.6 Å². The van der Waals surface area contributed by atoms with Crippen LogP contribution in [-0.4, -0.2) is 24.0 Å². The molecule has 19 heavy (non-hydrogen) atoms.